The number of benzene rings is 1. The number of nitro benzene ring substituents is 1. The lowest BCUT2D eigenvalue weighted by molar-refractivity contribution is -0.386. The van der Waals surface area contributed by atoms with E-state index in [1.165, 1.54) is 12.1 Å². The molecule has 0 unspecified atom stereocenters. The number of anilines is 1. The van der Waals surface area contributed by atoms with E-state index in [-0.39, 0.29) is 5.69 Å². The van der Waals surface area contributed by atoms with Crippen LogP contribution in [0.2, 0.25) is 0 Å². The third kappa shape index (κ3) is 1.95. The summed E-state index contributed by atoms with van der Waals surface area (Å²) in [7, 11) is 0. The average Bonchev–Trinajstić information content (AvgIpc) is 2.24. The number of β-amino-alcohol motifs (C(OH)–C–C–N with tert-alkyl or cyclic N) is 1. The van der Waals surface area contributed by atoms with Crippen LogP contribution in [-0.2, 0) is 0 Å². The molecule has 17 heavy (non-hydrogen) atoms. The summed E-state index contributed by atoms with van der Waals surface area (Å²) < 4.78 is 13.4. The van der Waals surface area contributed by atoms with Crippen LogP contribution in [0.25, 0.3) is 0 Å². The monoisotopic (exact) mass is 240 g/mol. The van der Waals surface area contributed by atoms with Gasteiger partial charge >= 0.3 is 5.69 Å². The Morgan fingerprint density at radius 1 is 1.59 bits per heavy atom. The molecule has 1 saturated heterocycles. The van der Waals surface area contributed by atoms with E-state index in [4.69, 9.17) is 0 Å². The molecule has 1 aliphatic rings. The van der Waals surface area contributed by atoms with E-state index < -0.39 is 22.0 Å². The molecular formula is C11H13FN2O3. The summed E-state index contributed by atoms with van der Waals surface area (Å²) in [5.74, 6) is -0.848. The van der Waals surface area contributed by atoms with E-state index in [2.05, 4.69) is 0 Å². The molecule has 2 rings (SSSR count). The fraction of sp³-hybridized carbons (Fsp3) is 0.455. The lowest BCUT2D eigenvalue weighted by atomic mass is 9.90. The smallest absolute Gasteiger partial charge is 0.327 e. The zero-order chi connectivity index (χ0) is 12.6. The molecule has 1 aromatic rings. The molecule has 1 heterocycles. The van der Waals surface area contributed by atoms with Crippen LogP contribution in [0.3, 0.4) is 0 Å². The van der Waals surface area contributed by atoms with Crippen molar-refractivity contribution in [1.82, 2.24) is 0 Å². The number of halogens is 1. The van der Waals surface area contributed by atoms with E-state index in [0.29, 0.717) is 19.5 Å². The first-order valence-corrected chi connectivity index (χ1v) is 5.37. The van der Waals surface area contributed by atoms with Crippen molar-refractivity contribution >= 4 is 11.4 Å². The maximum absolute atomic E-state index is 13.4. The number of aliphatic hydroxyl groups is 1. The van der Waals surface area contributed by atoms with Crippen molar-refractivity contribution in [1.29, 1.82) is 0 Å². The summed E-state index contributed by atoms with van der Waals surface area (Å²) >= 11 is 0. The third-order valence-corrected chi connectivity index (χ3v) is 3.12. The minimum Gasteiger partial charge on any atom is -0.386 e. The number of para-hydroxylation sites is 1. The topological polar surface area (TPSA) is 66.6 Å². The van der Waals surface area contributed by atoms with E-state index in [9.17, 15) is 19.6 Å². The molecular weight excluding hydrogens is 227 g/mol. The van der Waals surface area contributed by atoms with Crippen molar-refractivity contribution in [2.45, 2.75) is 18.9 Å². The normalized spacial score (nSPS) is 17.7. The van der Waals surface area contributed by atoms with Crippen LogP contribution < -0.4 is 4.90 Å². The van der Waals surface area contributed by atoms with Gasteiger partial charge in [0.1, 0.15) is 5.69 Å². The summed E-state index contributed by atoms with van der Waals surface area (Å²) in [6, 6.07) is 3.99. The zero-order valence-electron chi connectivity index (χ0n) is 9.39. The highest BCUT2D eigenvalue weighted by Crippen LogP contribution is 2.37. The lowest BCUT2D eigenvalue weighted by Gasteiger charge is -2.47. The van der Waals surface area contributed by atoms with Gasteiger partial charge in [-0.1, -0.05) is 13.0 Å². The summed E-state index contributed by atoms with van der Waals surface area (Å²) in [6.45, 7) is 2.44. The highest BCUT2D eigenvalue weighted by atomic mass is 19.1. The summed E-state index contributed by atoms with van der Waals surface area (Å²) in [5, 5.41) is 20.6. The van der Waals surface area contributed by atoms with E-state index in [1.54, 1.807) is 4.90 Å². The van der Waals surface area contributed by atoms with Gasteiger partial charge in [-0.05, 0) is 18.6 Å². The van der Waals surface area contributed by atoms with E-state index in [1.807, 2.05) is 6.92 Å². The molecule has 5 nitrogen and oxygen atoms in total. The van der Waals surface area contributed by atoms with Gasteiger partial charge in [-0.25, -0.2) is 0 Å². The molecule has 1 aromatic carbocycles. The lowest BCUT2D eigenvalue weighted by Crippen LogP contribution is -2.61. The van der Waals surface area contributed by atoms with Gasteiger partial charge < -0.3 is 10.0 Å². The van der Waals surface area contributed by atoms with Crippen molar-refractivity contribution in [3.8, 4) is 0 Å². The summed E-state index contributed by atoms with van der Waals surface area (Å²) in [6.07, 6.45) is 0.576. The number of hydrogen-bond acceptors (Lipinski definition) is 4. The predicted molar refractivity (Wildman–Crippen MR) is 60.5 cm³/mol. The molecule has 0 atom stereocenters. The standard InChI is InChI=1S/C11H13FN2O3/c1-2-11(15)6-13(7-11)9-5-3-4-8(12)10(9)14(16)17/h3-5,15H,2,6-7H2,1H3. The Balaban J connectivity index is 2.29. The molecule has 0 bridgehead atoms. The Morgan fingerprint density at radius 2 is 2.24 bits per heavy atom. The minimum atomic E-state index is -0.848. The SMILES string of the molecule is CCC1(O)CN(c2cccc(F)c2[N+](=O)[O-])C1. The second-order valence-electron chi connectivity index (χ2n) is 4.30. The Labute approximate surface area is 97.6 Å². The zero-order valence-corrected chi connectivity index (χ0v) is 9.39. The van der Waals surface area contributed by atoms with Crippen LogP contribution in [0.1, 0.15) is 13.3 Å². The highest BCUT2D eigenvalue weighted by Gasteiger charge is 2.42. The first-order valence-electron chi connectivity index (χ1n) is 5.37. The highest BCUT2D eigenvalue weighted by molar-refractivity contribution is 5.65. The van der Waals surface area contributed by atoms with Gasteiger partial charge in [-0.2, -0.15) is 4.39 Å². The molecule has 6 heteroatoms. The number of nitro groups is 1. The first-order chi connectivity index (χ1) is 7.97. The molecule has 0 amide bonds. The van der Waals surface area contributed by atoms with Crippen LogP contribution in [0, 0.1) is 15.9 Å². The van der Waals surface area contributed by atoms with Gasteiger partial charge in [-0.15, -0.1) is 0 Å². The van der Waals surface area contributed by atoms with Gasteiger partial charge in [0.15, 0.2) is 0 Å². The van der Waals surface area contributed by atoms with Crippen LogP contribution >= 0.6 is 0 Å². The van der Waals surface area contributed by atoms with Gasteiger partial charge in [0.2, 0.25) is 5.82 Å². The molecule has 1 aliphatic heterocycles. The van der Waals surface area contributed by atoms with Crippen LogP contribution in [0.4, 0.5) is 15.8 Å². The fourth-order valence-corrected chi connectivity index (χ4v) is 2.00. The van der Waals surface area contributed by atoms with Crippen LogP contribution in [0.15, 0.2) is 18.2 Å². The maximum Gasteiger partial charge on any atom is 0.327 e. The number of rotatable bonds is 3. The molecule has 0 radical (unpaired) electrons. The van der Waals surface area contributed by atoms with E-state index >= 15 is 0 Å². The molecule has 0 saturated carbocycles. The minimum absolute atomic E-state index is 0.230. The van der Waals surface area contributed by atoms with Gasteiger partial charge in [0, 0.05) is 13.1 Å². The van der Waals surface area contributed by atoms with Gasteiger partial charge in [0.05, 0.1) is 10.5 Å². The molecule has 0 spiro atoms. The molecule has 1 N–H and O–H groups in total. The first kappa shape index (κ1) is 11.8. The quantitative estimate of drug-likeness (QED) is 0.645. The summed E-state index contributed by atoms with van der Waals surface area (Å²) in [4.78, 5) is 11.7. The Hall–Kier alpha value is -1.69. The van der Waals surface area contributed by atoms with Crippen molar-refractivity contribution < 1.29 is 14.4 Å². The largest absolute Gasteiger partial charge is 0.386 e. The van der Waals surface area contributed by atoms with Crippen molar-refractivity contribution in [3.05, 3.63) is 34.1 Å². The summed E-state index contributed by atoms with van der Waals surface area (Å²) in [5.41, 5.74) is -1.10. The number of nitrogens with zero attached hydrogens (tertiary/aromatic N) is 2. The Bertz CT molecular complexity index is 458. The third-order valence-electron chi connectivity index (χ3n) is 3.12. The van der Waals surface area contributed by atoms with Crippen molar-refractivity contribution in [2.24, 2.45) is 0 Å². The Kier molecular flexibility index (Phi) is 2.74. The predicted octanol–water partition coefficient (Wildman–Crippen LogP) is 1.69. The molecule has 92 valence electrons. The molecule has 1 fully saturated rings. The van der Waals surface area contributed by atoms with Crippen LogP contribution in [-0.4, -0.2) is 28.7 Å². The van der Waals surface area contributed by atoms with E-state index in [0.717, 1.165) is 6.07 Å². The maximum atomic E-state index is 13.4. The average molecular weight is 240 g/mol. The second kappa shape index (κ2) is 3.96. The molecule has 0 aliphatic carbocycles. The fourth-order valence-electron chi connectivity index (χ4n) is 2.00. The van der Waals surface area contributed by atoms with Crippen LogP contribution in [0.5, 0.6) is 0 Å². The van der Waals surface area contributed by atoms with Gasteiger partial charge in [0.25, 0.3) is 0 Å². The van der Waals surface area contributed by atoms with Crippen molar-refractivity contribution in [2.75, 3.05) is 18.0 Å². The van der Waals surface area contributed by atoms with Gasteiger partial charge in [-0.3, -0.25) is 10.1 Å². The Morgan fingerprint density at radius 3 is 2.76 bits per heavy atom. The van der Waals surface area contributed by atoms with Crippen molar-refractivity contribution in [3.63, 3.8) is 0 Å². The second-order valence-corrected chi connectivity index (χ2v) is 4.30. The molecule has 0 aromatic heterocycles. The number of hydrogen-bond donors (Lipinski definition) is 1.